The van der Waals surface area contributed by atoms with Crippen LogP contribution in [0.1, 0.15) is 0 Å². The molecule has 0 amide bonds. The van der Waals surface area contributed by atoms with E-state index in [-0.39, 0.29) is 32.7 Å². The first-order chi connectivity index (χ1) is 17.2. The average Bonchev–Trinajstić information content (AvgIpc) is 2.58. The standard InChI is InChI=1S/3C4HF9O.Y/c3*5-2(6,7)1(14,3(8,9)10)4(11,12)13;/h3*14H;. The van der Waals surface area contributed by atoms with Gasteiger partial charge in [0.05, 0.1) is 0 Å². The fourth-order valence-corrected chi connectivity index (χ4v) is 1.45. The van der Waals surface area contributed by atoms with Gasteiger partial charge in [-0.2, -0.15) is 119 Å². The van der Waals surface area contributed by atoms with Gasteiger partial charge in [-0.05, 0) is 0 Å². The van der Waals surface area contributed by atoms with E-state index in [2.05, 4.69) is 0 Å². The van der Waals surface area contributed by atoms with Crippen molar-refractivity contribution >= 4 is 0 Å². The summed E-state index contributed by atoms with van der Waals surface area (Å²) in [5, 5.41) is 22.9. The predicted octanol–water partition coefficient (Wildman–Crippen LogP) is 7.21. The number of hydrogen-bond donors (Lipinski definition) is 3. The Hall–Kier alpha value is -0.906. The molecule has 0 atom stereocenters. The zero-order valence-corrected chi connectivity index (χ0v) is 21.0. The summed E-state index contributed by atoms with van der Waals surface area (Å²) in [6.07, 6.45) is -61.8. The summed E-state index contributed by atoms with van der Waals surface area (Å²) in [5.74, 6) is 0. The Labute approximate surface area is 239 Å². The fourth-order valence-electron chi connectivity index (χ4n) is 1.45. The van der Waals surface area contributed by atoms with Crippen molar-refractivity contribution in [1.29, 1.82) is 0 Å². The zero-order chi connectivity index (χ0) is 36.0. The first kappa shape index (κ1) is 49.0. The quantitative estimate of drug-likeness (QED) is 0.228. The normalized spacial score (nSPS) is 15.5. The van der Waals surface area contributed by atoms with Crippen molar-refractivity contribution in [1.82, 2.24) is 0 Å². The van der Waals surface area contributed by atoms with Gasteiger partial charge in [0.25, 0.3) is 0 Å². The predicted molar refractivity (Wildman–Crippen MR) is 69.3 cm³/mol. The van der Waals surface area contributed by atoms with Gasteiger partial charge < -0.3 is 15.3 Å². The third kappa shape index (κ3) is 9.79. The van der Waals surface area contributed by atoms with Gasteiger partial charge in [0.1, 0.15) is 0 Å². The van der Waals surface area contributed by atoms with Gasteiger partial charge in [0.2, 0.25) is 0 Å². The zero-order valence-electron chi connectivity index (χ0n) is 18.1. The maximum absolute atomic E-state index is 11.4. The van der Waals surface area contributed by atoms with Crippen LogP contribution in [0.15, 0.2) is 0 Å². The van der Waals surface area contributed by atoms with Gasteiger partial charge in [-0.1, -0.05) is 0 Å². The second-order valence-electron chi connectivity index (χ2n) is 6.61. The van der Waals surface area contributed by atoms with Crippen LogP contribution in [0.3, 0.4) is 0 Å². The Bertz CT molecular complexity index is 632. The molecule has 1 radical (unpaired) electrons. The minimum Gasteiger partial charge on any atom is -0.367 e. The number of alkyl halides is 27. The summed E-state index contributed by atoms with van der Waals surface area (Å²) in [5.41, 5.74) is -20.1. The molecule has 0 saturated carbocycles. The molecular weight excluding hydrogens is 794 g/mol. The number of aliphatic hydroxyl groups is 3. The monoisotopic (exact) mass is 797 g/mol. The maximum Gasteiger partial charge on any atom is 0.435 e. The van der Waals surface area contributed by atoms with Crippen LogP contribution in [-0.4, -0.2) is 87.7 Å². The van der Waals surface area contributed by atoms with Gasteiger partial charge in [0.15, 0.2) is 0 Å². The smallest absolute Gasteiger partial charge is 0.367 e. The third-order valence-corrected chi connectivity index (χ3v) is 3.69. The molecule has 0 spiro atoms. The van der Waals surface area contributed by atoms with E-state index in [0.717, 1.165) is 0 Å². The van der Waals surface area contributed by atoms with Crippen LogP contribution in [0.4, 0.5) is 119 Å². The van der Waals surface area contributed by atoms with Crippen LogP contribution >= 0.6 is 0 Å². The Kier molecular flexibility index (Phi) is 14.9. The number of halogens is 27. The van der Waals surface area contributed by atoms with E-state index >= 15 is 0 Å². The van der Waals surface area contributed by atoms with Gasteiger partial charge in [0, 0.05) is 32.7 Å². The van der Waals surface area contributed by atoms with E-state index < -0.39 is 72.4 Å². The molecule has 0 aromatic heterocycles. The minimum atomic E-state index is -6.87. The van der Waals surface area contributed by atoms with E-state index in [0.29, 0.717) is 0 Å². The number of rotatable bonds is 0. The van der Waals surface area contributed by atoms with E-state index in [1.54, 1.807) is 0 Å². The van der Waals surface area contributed by atoms with Crippen molar-refractivity contribution < 1.29 is 167 Å². The van der Waals surface area contributed by atoms with Crippen molar-refractivity contribution in [3.8, 4) is 0 Å². The molecule has 0 saturated heterocycles. The van der Waals surface area contributed by atoms with Gasteiger partial charge in [-0.15, -0.1) is 0 Å². The average molecular weight is 797 g/mol. The van der Waals surface area contributed by atoms with Crippen LogP contribution in [-0.2, 0) is 32.7 Å². The van der Waals surface area contributed by atoms with E-state index in [9.17, 15) is 119 Å². The van der Waals surface area contributed by atoms with Gasteiger partial charge >= 0.3 is 72.4 Å². The molecule has 0 aliphatic heterocycles. The summed E-state index contributed by atoms with van der Waals surface area (Å²) in [7, 11) is 0. The molecular formula is C12H3F27O3Y. The molecule has 0 aromatic carbocycles. The Morgan fingerprint density at radius 3 is 0.233 bits per heavy atom. The maximum atomic E-state index is 11.4. The summed E-state index contributed by atoms with van der Waals surface area (Å²) in [6, 6.07) is 0. The molecule has 261 valence electrons. The van der Waals surface area contributed by atoms with Gasteiger partial charge in [-0.3, -0.25) is 0 Å². The van der Waals surface area contributed by atoms with Crippen molar-refractivity contribution in [2.75, 3.05) is 0 Å². The van der Waals surface area contributed by atoms with Crippen LogP contribution in [0, 0.1) is 0 Å². The second-order valence-corrected chi connectivity index (χ2v) is 6.61. The van der Waals surface area contributed by atoms with Crippen LogP contribution < -0.4 is 0 Å². The molecule has 0 fully saturated rings. The van der Waals surface area contributed by atoms with Crippen molar-refractivity contribution in [3.05, 3.63) is 0 Å². The minimum absolute atomic E-state index is 0. The molecule has 43 heavy (non-hydrogen) atoms. The van der Waals surface area contributed by atoms with E-state index in [4.69, 9.17) is 15.3 Å². The summed E-state index contributed by atoms with van der Waals surface area (Å²) in [4.78, 5) is 0. The SMILES string of the molecule is OC(C(F)(F)F)(C(F)(F)F)C(F)(F)F.OC(C(F)(F)F)(C(F)(F)F)C(F)(F)F.OC(C(F)(F)F)(C(F)(F)F)C(F)(F)F.[Y]. The molecule has 3 N–H and O–H groups in total. The fraction of sp³-hybridized carbons (Fsp3) is 1.00. The Morgan fingerprint density at radius 1 is 0.186 bits per heavy atom. The largest absolute Gasteiger partial charge is 0.435 e. The first-order valence-electron chi connectivity index (χ1n) is 8.02. The molecule has 0 aliphatic rings. The molecule has 0 aromatic rings. The summed E-state index contributed by atoms with van der Waals surface area (Å²) >= 11 is 0. The Morgan fingerprint density at radius 2 is 0.233 bits per heavy atom. The Balaban J connectivity index is -0.000000262. The summed E-state index contributed by atoms with van der Waals surface area (Å²) in [6.45, 7) is 0. The molecule has 0 heterocycles. The van der Waals surface area contributed by atoms with Crippen LogP contribution in [0.25, 0.3) is 0 Å². The van der Waals surface area contributed by atoms with Crippen molar-refractivity contribution in [2.24, 2.45) is 0 Å². The van der Waals surface area contributed by atoms with E-state index in [1.807, 2.05) is 0 Å². The third-order valence-electron chi connectivity index (χ3n) is 3.69. The molecule has 3 nitrogen and oxygen atoms in total. The van der Waals surface area contributed by atoms with Crippen LogP contribution in [0.2, 0.25) is 0 Å². The molecule has 0 unspecified atom stereocenters. The summed E-state index contributed by atoms with van der Waals surface area (Å²) < 4.78 is 308. The van der Waals surface area contributed by atoms with Crippen molar-refractivity contribution in [3.63, 3.8) is 0 Å². The molecule has 31 heteroatoms. The topological polar surface area (TPSA) is 60.7 Å². The molecule has 0 rings (SSSR count). The second kappa shape index (κ2) is 13.1. The van der Waals surface area contributed by atoms with Crippen molar-refractivity contribution in [2.45, 2.75) is 72.4 Å². The molecule has 0 aliphatic carbocycles. The van der Waals surface area contributed by atoms with Gasteiger partial charge in [-0.25, -0.2) is 0 Å². The van der Waals surface area contributed by atoms with Crippen LogP contribution in [0.5, 0.6) is 0 Å². The number of hydrogen-bond acceptors (Lipinski definition) is 3. The first-order valence-corrected chi connectivity index (χ1v) is 8.02. The van der Waals surface area contributed by atoms with E-state index in [1.165, 1.54) is 0 Å². The molecule has 0 bridgehead atoms.